The standard InChI is InChI=1S/C17H18O3/c1-12(2)20-17(18)16-7-5-4-6-15(16)13-8-10-14(19-3)11-9-13/h4-12H,1-3H3. The molecule has 0 amide bonds. The van der Waals surface area contributed by atoms with Gasteiger partial charge in [-0.25, -0.2) is 4.79 Å². The molecule has 0 atom stereocenters. The van der Waals surface area contributed by atoms with Crippen molar-refractivity contribution in [2.45, 2.75) is 20.0 Å². The number of carbonyl (C=O) groups excluding carboxylic acids is 1. The molecule has 0 aromatic heterocycles. The monoisotopic (exact) mass is 270 g/mol. The highest BCUT2D eigenvalue weighted by molar-refractivity contribution is 5.97. The highest BCUT2D eigenvalue weighted by Crippen LogP contribution is 2.26. The average molecular weight is 270 g/mol. The van der Waals surface area contributed by atoms with Crippen molar-refractivity contribution in [2.24, 2.45) is 0 Å². The van der Waals surface area contributed by atoms with Crippen LogP contribution in [0.5, 0.6) is 5.75 Å². The third-order valence-electron chi connectivity index (χ3n) is 2.89. The molecule has 0 spiro atoms. The van der Waals surface area contributed by atoms with Gasteiger partial charge in [0.25, 0.3) is 0 Å². The van der Waals surface area contributed by atoms with Crippen molar-refractivity contribution >= 4 is 5.97 Å². The van der Waals surface area contributed by atoms with E-state index in [0.717, 1.165) is 16.9 Å². The largest absolute Gasteiger partial charge is 0.497 e. The summed E-state index contributed by atoms with van der Waals surface area (Å²) in [6.07, 6.45) is -0.133. The smallest absolute Gasteiger partial charge is 0.339 e. The Morgan fingerprint density at radius 3 is 2.25 bits per heavy atom. The molecule has 20 heavy (non-hydrogen) atoms. The molecule has 0 saturated carbocycles. The summed E-state index contributed by atoms with van der Waals surface area (Å²) >= 11 is 0. The second kappa shape index (κ2) is 6.24. The lowest BCUT2D eigenvalue weighted by Crippen LogP contribution is -2.12. The summed E-state index contributed by atoms with van der Waals surface area (Å²) in [5.41, 5.74) is 2.40. The van der Waals surface area contributed by atoms with Crippen LogP contribution in [-0.4, -0.2) is 19.2 Å². The van der Waals surface area contributed by atoms with E-state index in [-0.39, 0.29) is 12.1 Å². The normalized spacial score (nSPS) is 10.4. The third kappa shape index (κ3) is 3.18. The quantitative estimate of drug-likeness (QED) is 0.790. The fourth-order valence-electron chi connectivity index (χ4n) is 1.96. The maximum Gasteiger partial charge on any atom is 0.339 e. The number of ether oxygens (including phenoxy) is 2. The van der Waals surface area contributed by atoms with Gasteiger partial charge in [0, 0.05) is 0 Å². The molecule has 0 aliphatic carbocycles. The lowest BCUT2D eigenvalue weighted by molar-refractivity contribution is 0.0379. The molecule has 0 saturated heterocycles. The number of benzene rings is 2. The summed E-state index contributed by atoms with van der Waals surface area (Å²) in [5, 5.41) is 0. The minimum atomic E-state index is -0.300. The summed E-state index contributed by atoms with van der Waals surface area (Å²) < 4.78 is 10.4. The zero-order valence-corrected chi connectivity index (χ0v) is 11.9. The fourth-order valence-corrected chi connectivity index (χ4v) is 1.96. The molecule has 0 radical (unpaired) electrons. The summed E-state index contributed by atoms with van der Waals surface area (Å²) in [7, 11) is 1.63. The molecule has 0 aliphatic heterocycles. The molecule has 0 bridgehead atoms. The van der Waals surface area contributed by atoms with E-state index in [4.69, 9.17) is 9.47 Å². The molecule has 0 unspecified atom stereocenters. The first-order chi connectivity index (χ1) is 9.61. The first-order valence-corrected chi connectivity index (χ1v) is 6.56. The van der Waals surface area contributed by atoms with Crippen LogP contribution in [0.15, 0.2) is 48.5 Å². The van der Waals surface area contributed by atoms with Crippen molar-refractivity contribution in [1.82, 2.24) is 0 Å². The van der Waals surface area contributed by atoms with Gasteiger partial charge in [0.1, 0.15) is 5.75 Å². The average Bonchev–Trinajstić information content (AvgIpc) is 2.46. The predicted molar refractivity (Wildman–Crippen MR) is 79.0 cm³/mol. The molecule has 0 heterocycles. The van der Waals surface area contributed by atoms with Gasteiger partial charge in [-0.3, -0.25) is 0 Å². The van der Waals surface area contributed by atoms with Crippen LogP contribution >= 0.6 is 0 Å². The topological polar surface area (TPSA) is 35.5 Å². The number of rotatable bonds is 4. The van der Waals surface area contributed by atoms with Crippen LogP contribution in [0, 0.1) is 0 Å². The molecule has 0 N–H and O–H groups in total. The maximum atomic E-state index is 12.1. The van der Waals surface area contributed by atoms with Crippen LogP contribution in [0.2, 0.25) is 0 Å². The van der Waals surface area contributed by atoms with Crippen molar-refractivity contribution in [3.05, 3.63) is 54.1 Å². The number of methoxy groups -OCH3 is 1. The van der Waals surface area contributed by atoms with Crippen LogP contribution in [0.3, 0.4) is 0 Å². The fraction of sp³-hybridized carbons (Fsp3) is 0.235. The van der Waals surface area contributed by atoms with Gasteiger partial charge in [-0.2, -0.15) is 0 Å². The number of hydrogen-bond acceptors (Lipinski definition) is 3. The first-order valence-electron chi connectivity index (χ1n) is 6.56. The van der Waals surface area contributed by atoms with E-state index in [1.165, 1.54) is 0 Å². The molecular weight excluding hydrogens is 252 g/mol. The Kier molecular flexibility index (Phi) is 4.41. The molecule has 2 aromatic rings. The maximum absolute atomic E-state index is 12.1. The van der Waals surface area contributed by atoms with Crippen molar-refractivity contribution < 1.29 is 14.3 Å². The molecule has 3 heteroatoms. The molecule has 2 aromatic carbocycles. The van der Waals surface area contributed by atoms with Gasteiger partial charge in [-0.05, 0) is 43.2 Å². The third-order valence-corrected chi connectivity index (χ3v) is 2.89. The van der Waals surface area contributed by atoms with E-state index in [0.29, 0.717) is 5.56 Å². The van der Waals surface area contributed by atoms with Gasteiger partial charge >= 0.3 is 5.97 Å². The molecule has 0 aliphatic rings. The molecule has 3 nitrogen and oxygen atoms in total. The Morgan fingerprint density at radius 1 is 1.00 bits per heavy atom. The van der Waals surface area contributed by atoms with E-state index < -0.39 is 0 Å². The number of hydrogen-bond donors (Lipinski definition) is 0. The van der Waals surface area contributed by atoms with Crippen molar-refractivity contribution in [1.29, 1.82) is 0 Å². The lowest BCUT2D eigenvalue weighted by atomic mass is 10.00. The predicted octanol–water partition coefficient (Wildman–Crippen LogP) is 3.93. The molecular formula is C17H18O3. The molecule has 2 rings (SSSR count). The Balaban J connectivity index is 2.38. The SMILES string of the molecule is COc1ccc(-c2ccccc2C(=O)OC(C)C)cc1. The zero-order chi connectivity index (χ0) is 14.5. The summed E-state index contributed by atoms with van der Waals surface area (Å²) in [6, 6.07) is 15.1. The summed E-state index contributed by atoms with van der Waals surface area (Å²) in [4.78, 5) is 12.1. The Hall–Kier alpha value is -2.29. The Labute approximate surface area is 119 Å². The Bertz CT molecular complexity index is 585. The first kappa shape index (κ1) is 14.1. The second-order valence-electron chi connectivity index (χ2n) is 4.73. The van der Waals surface area contributed by atoms with Crippen LogP contribution in [-0.2, 0) is 4.74 Å². The second-order valence-corrected chi connectivity index (χ2v) is 4.73. The minimum absolute atomic E-state index is 0.133. The zero-order valence-electron chi connectivity index (χ0n) is 11.9. The van der Waals surface area contributed by atoms with Crippen molar-refractivity contribution in [3.8, 4) is 16.9 Å². The molecule has 104 valence electrons. The van der Waals surface area contributed by atoms with Gasteiger partial charge < -0.3 is 9.47 Å². The highest BCUT2D eigenvalue weighted by atomic mass is 16.5. The van der Waals surface area contributed by atoms with E-state index in [2.05, 4.69) is 0 Å². The number of carbonyl (C=O) groups is 1. The van der Waals surface area contributed by atoms with Gasteiger partial charge in [-0.15, -0.1) is 0 Å². The van der Waals surface area contributed by atoms with Crippen LogP contribution < -0.4 is 4.74 Å². The van der Waals surface area contributed by atoms with Gasteiger partial charge in [0.05, 0.1) is 18.8 Å². The van der Waals surface area contributed by atoms with Gasteiger partial charge in [-0.1, -0.05) is 30.3 Å². The van der Waals surface area contributed by atoms with Crippen molar-refractivity contribution in [2.75, 3.05) is 7.11 Å². The lowest BCUT2D eigenvalue weighted by Gasteiger charge is -2.12. The van der Waals surface area contributed by atoms with E-state index in [9.17, 15) is 4.79 Å². The highest BCUT2D eigenvalue weighted by Gasteiger charge is 2.14. The summed E-state index contributed by atoms with van der Waals surface area (Å²) in [6.45, 7) is 3.68. The number of esters is 1. The van der Waals surface area contributed by atoms with Crippen LogP contribution in [0.4, 0.5) is 0 Å². The minimum Gasteiger partial charge on any atom is -0.497 e. The summed E-state index contributed by atoms with van der Waals surface area (Å²) in [5.74, 6) is 0.488. The van der Waals surface area contributed by atoms with Crippen molar-refractivity contribution in [3.63, 3.8) is 0 Å². The Morgan fingerprint density at radius 2 is 1.65 bits per heavy atom. The van der Waals surface area contributed by atoms with E-state index in [1.807, 2.05) is 56.3 Å². The van der Waals surface area contributed by atoms with E-state index in [1.54, 1.807) is 13.2 Å². The van der Waals surface area contributed by atoms with Crippen LogP contribution in [0.25, 0.3) is 11.1 Å². The van der Waals surface area contributed by atoms with E-state index >= 15 is 0 Å². The molecule has 0 fully saturated rings. The van der Waals surface area contributed by atoms with Crippen LogP contribution in [0.1, 0.15) is 24.2 Å². The van der Waals surface area contributed by atoms with Gasteiger partial charge in [0.15, 0.2) is 0 Å². The van der Waals surface area contributed by atoms with Gasteiger partial charge in [0.2, 0.25) is 0 Å².